The minimum absolute atomic E-state index is 0.119. The number of aryl methyl sites for hydroxylation is 1. The van der Waals surface area contributed by atoms with Crippen molar-refractivity contribution in [3.8, 4) is 5.75 Å². The molecule has 4 nitrogen and oxygen atoms in total. The fraction of sp³-hybridized carbons (Fsp3) is 0.143. The van der Waals surface area contributed by atoms with Crippen molar-refractivity contribution in [2.45, 2.75) is 6.92 Å². The number of H-pyrrole nitrogens is 1. The summed E-state index contributed by atoms with van der Waals surface area (Å²) >= 11 is 0. The molecule has 92 valence electrons. The van der Waals surface area contributed by atoms with Crippen molar-refractivity contribution in [2.24, 2.45) is 0 Å². The molecule has 0 amide bonds. The van der Waals surface area contributed by atoms with E-state index in [1.165, 1.54) is 6.07 Å². The summed E-state index contributed by atoms with van der Waals surface area (Å²) in [6, 6.07) is 9.75. The van der Waals surface area contributed by atoms with Crippen LogP contribution in [0.2, 0.25) is 0 Å². The zero-order valence-electron chi connectivity index (χ0n) is 10.2. The van der Waals surface area contributed by atoms with Gasteiger partial charge in [-0.05, 0) is 37.3 Å². The van der Waals surface area contributed by atoms with Crippen molar-refractivity contribution in [3.63, 3.8) is 0 Å². The monoisotopic (exact) mass is 243 g/mol. The van der Waals surface area contributed by atoms with Crippen molar-refractivity contribution in [2.75, 3.05) is 7.11 Å². The summed E-state index contributed by atoms with van der Waals surface area (Å²) < 4.78 is 5.04. The summed E-state index contributed by atoms with van der Waals surface area (Å²) in [5.74, 6) is 0.580. The first-order valence-corrected chi connectivity index (χ1v) is 5.50. The van der Waals surface area contributed by atoms with E-state index < -0.39 is 0 Å². The lowest BCUT2D eigenvalue weighted by Crippen LogP contribution is -2.12. The van der Waals surface area contributed by atoms with Gasteiger partial charge in [0, 0.05) is 22.9 Å². The molecule has 1 aromatic carbocycles. The lowest BCUT2D eigenvalue weighted by Gasteiger charge is -2.05. The van der Waals surface area contributed by atoms with Crippen LogP contribution in [-0.4, -0.2) is 17.9 Å². The molecule has 0 aliphatic carbocycles. The van der Waals surface area contributed by atoms with Crippen LogP contribution in [0.15, 0.2) is 41.2 Å². The molecule has 0 aliphatic heterocycles. The van der Waals surface area contributed by atoms with E-state index in [0.29, 0.717) is 22.6 Å². The fourth-order valence-electron chi connectivity index (χ4n) is 1.72. The van der Waals surface area contributed by atoms with Gasteiger partial charge in [0.1, 0.15) is 5.75 Å². The van der Waals surface area contributed by atoms with Crippen LogP contribution in [0.5, 0.6) is 5.75 Å². The first-order chi connectivity index (χ1) is 8.61. The van der Waals surface area contributed by atoms with Crippen LogP contribution >= 0.6 is 0 Å². The number of hydrogen-bond donors (Lipinski definition) is 1. The number of benzene rings is 1. The van der Waals surface area contributed by atoms with Gasteiger partial charge in [-0.25, -0.2) is 0 Å². The van der Waals surface area contributed by atoms with E-state index in [-0.39, 0.29) is 11.3 Å². The molecule has 18 heavy (non-hydrogen) atoms. The molecule has 4 heteroatoms. The van der Waals surface area contributed by atoms with Gasteiger partial charge in [0.25, 0.3) is 0 Å². The second-order valence-corrected chi connectivity index (χ2v) is 3.92. The SMILES string of the molecule is COc1ccc(C(=O)c2ccc(=O)[nH]c2C)cc1. The minimum atomic E-state index is -0.209. The molecule has 0 radical (unpaired) electrons. The highest BCUT2D eigenvalue weighted by atomic mass is 16.5. The molecule has 0 bridgehead atoms. The average molecular weight is 243 g/mol. The zero-order chi connectivity index (χ0) is 13.1. The predicted molar refractivity (Wildman–Crippen MR) is 68.2 cm³/mol. The maximum Gasteiger partial charge on any atom is 0.248 e. The molecular formula is C14H13NO3. The second kappa shape index (κ2) is 4.87. The number of nitrogens with one attached hydrogen (secondary N) is 1. The Balaban J connectivity index is 2.38. The van der Waals surface area contributed by atoms with E-state index in [1.54, 1.807) is 44.4 Å². The van der Waals surface area contributed by atoms with E-state index in [0.717, 1.165) is 0 Å². The molecule has 0 fully saturated rings. The lowest BCUT2D eigenvalue weighted by atomic mass is 10.0. The Labute approximate surface area is 104 Å². The van der Waals surface area contributed by atoms with Crippen LogP contribution in [0.1, 0.15) is 21.6 Å². The third-order valence-electron chi connectivity index (χ3n) is 2.71. The number of aromatic amines is 1. The van der Waals surface area contributed by atoms with Crippen molar-refractivity contribution < 1.29 is 9.53 Å². The number of aromatic nitrogens is 1. The number of carbonyl (C=O) groups is 1. The highest BCUT2D eigenvalue weighted by molar-refractivity contribution is 6.09. The summed E-state index contributed by atoms with van der Waals surface area (Å²) in [4.78, 5) is 25.9. The van der Waals surface area contributed by atoms with Crippen LogP contribution in [0, 0.1) is 6.92 Å². The highest BCUT2D eigenvalue weighted by Crippen LogP contribution is 2.15. The number of rotatable bonds is 3. The second-order valence-electron chi connectivity index (χ2n) is 3.92. The Hall–Kier alpha value is -2.36. The molecule has 0 saturated heterocycles. The molecule has 0 aliphatic rings. The van der Waals surface area contributed by atoms with E-state index >= 15 is 0 Å². The topological polar surface area (TPSA) is 59.2 Å². The molecular weight excluding hydrogens is 230 g/mol. The Morgan fingerprint density at radius 1 is 1.11 bits per heavy atom. The number of ketones is 1. The highest BCUT2D eigenvalue weighted by Gasteiger charge is 2.12. The van der Waals surface area contributed by atoms with Gasteiger partial charge in [0.05, 0.1) is 7.11 Å². The predicted octanol–water partition coefficient (Wildman–Crippen LogP) is 1.92. The molecule has 1 aromatic heterocycles. The van der Waals surface area contributed by atoms with Crippen molar-refractivity contribution in [3.05, 3.63) is 63.6 Å². The maximum atomic E-state index is 12.2. The van der Waals surface area contributed by atoms with Gasteiger partial charge in [-0.1, -0.05) is 0 Å². The third kappa shape index (κ3) is 2.32. The van der Waals surface area contributed by atoms with E-state index in [4.69, 9.17) is 4.74 Å². The molecule has 0 spiro atoms. The standard InChI is InChI=1S/C14H13NO3/c1-9-12(7-8-13(16)15-9)14(17)10-3-5-11(18-2)6-4-10/h3-8H,1-2H3,(H,15,16). The largest absolute Gasteiger partial charge is 0.497 e. The van der Waals surface area contributed by atoms with Gasteiger partial charge in [0.2, 0.25) is 5.56 Å². The summed E-state index contributed by atoms with van der Waals surface area (Å²) in [5.41, 5.74) is 1.42. The lowest BCUT2D eigenvalue weighted by molar-refractivity contribution is 0.103. The molecule has 0 unspecified atom stereocenters. The Morgan fingerprint density at radius 3 is 2.33 bits per heavy atom. The minimum Gasteiger partial charge on any atom is -0.497 e. The van der Waals surface area contributed by atoms with Gasteiger partial charge < -0.3 is 9.72 Å². The smallest absolute Gasteiger partial charge is 0.248 e. The molecule has 2 aromatic rings. The van der Waals surface area contributed by atoms with E-state index in [2.05, 4.69) is 4.98 Å². The normalized spacial score (nSPS) is 10.1. The Kier molecular flexibility index (Phi) is 3.28. The zero-order valence-corrected chi connectivity index (χ0v) is 10.2. The molecule has 2 rings (SSSR count). The number of ether oxygens (including phenoxy) is 1. The van der Waals surface area contributed by atoms with Gasteiger partial charge in [-0.2, -0.15) is 0 Å². The van der Waals surface area contributed by atoms with Crippen molar-refractivity contribution >= 4 is 5.78 Å². The first kappa shape index (κ1) is 12.1. The summed E-state index contributed by atoms with van der Waals surface area (Å²) in [7, 11) is 1.57. The van der Waals surface area contributed by atoms with E-state index in [1.807, 2.05) is 0 Å². The molecule has 1 N–H and O–H groups in total. The molecule has 0 saturated carbocycles. The molecule has 0 atom stereocenters. The van der Waals surface area contributed by atoms with E-state index in [9.17, 15) is 9.59 Å². The van der Waals surface area contributed by atoms with Crippen LogP contribution in [0.4, 0.5) is 0 Å². The van der Waals surface area contributed by atoms with Gasteiger partial charge in [-0.3, -0.25) is 9.59 Å². The average Bonchev–Trinajstić information content (AvgIpc) is 2.38. The van der Waals surface area contributed by atoms with Gasteiger partial charge in [-0.15, -0.1) is 0 Å². The summed E-state index contributed by atoms with van der Waals surface area (Å²) in [6.07, 6.45) is 0. The van der Waals surface area contributed by atoms with Crippen LogP contribution in [-0.2, 0) is 0 Å². The number of carbonyl (C=O) groups excluding carboxylic acids is 1. The first-order valence-electron chi connectivity index (χ1n) is 5.50. The number of methoxy groups -OCH3 is 1. The Bertz CT molecular complexity index is 626. The Morgan fingerprint density at radius 2 is 1.78 bits per heavy atom. The number of hydrogen-bond acceptors (Lipinski definition) is 3. The van der Waals surface area contributed by atoms with Crippen molar-refractivity contribution in [1.82, 2.24) is 4.98 Å². The summed E-state index contributed by atoms with van der Waals surface area (Å²) in [6.45, 7) is 1.71. The van der Waals surface area contributed by atoms with Crippen LogP contribution < -0.4 is 10.3 Å². The van der Waals surface area contributed by atoms with Crippen molar-refractivity contribution in [1.29, 1.82) is 0 Å². The van der Waals surface area contributed by atoms with Gasteiger partial charge in [0.15, 0.2) is 5.78 Å². The van der Waals surface area contributed by atoms with Crippen LogP contribution in [0.3, 0.4) is 0 Å². The van der Waals surface area contributed by atoms with Crippen LogP contribution in [0.25, 0.3) is 0 Å². The maximum absolute atomic E-state index is 12.2. The number of pyridine rings is 1. The quantitative estimate of drug-likeness (QED) is 0.838. The summed E-state index contributed by atoms with van der Waals surface area (Å²) in [5, 5.41) is 0. The van der Waals surface area contributed by atoms with Gasteiger partial charge >= 0.3 is 0 Å². The fourth-order valence-corrected chi connectivity index (χ4v) is 1.72. The third-order valence-corrected chi connectivity index (χ3v) is 2.71. The molecule has 1 heterocycles.